The van der Waals surface area contributed by atoms with Crippen molar-refractivity contribution in [1.82, 2.24) is 30.1 Å². The van der Waals surface area contributed by atoms with Crippen LogP contribution in [-0.2, 0) is 6.42 Å². The van der Waals surface area contributed by atoms with E-state index in [9.17, 15) is 4.79 Å². The zero-order valence-electron chi connectivity index (χ0n) is 19.3. The Balaban J connectivity index is 1.92. The van der Waals surface area contributed by atoms with Crippen molar-refractivity contribution in [2.75, 3.05) is 0 Å². The first-order valence-corrected chi connectivity index (χ1v) is 11.6. The van der Waals surface area contributed by atoms with Crippen LogP contribution in [0.3, 0.4) is 0 Å². The van der Waals surface area contributed by atoms with Crippen LogP contribution in [0.2, 0.25) is 0 Å². The van der Waals surface area contributed by atoms with Crippen LogP contribution in [0.25, 0.3) is 10.9 Å². The van der Waals surface area contributed by atoms with Gasteiger partial charge in [0.2, 0.25) is 0 Å². The van der Waals surface area contributed by atoms with E-state index >= 15 is 0 Å². The van der Waals surface area contributed by atoms with Crippen molar-refractivity contribution in [2.45, 2.75) is 90.9 Å². The number of pyridine rings is 1. The minimum atomic E-state index is -0.311. The van der Waals surface area contributed by atoms with Crippen LogP contribution < -0.4 is 5.56 Å². The average molecular weight is 423 g/mol. The summed E-state index contributed by atoms with van der Waals surface area (Å²) in [5.74, 6) is 0.769. The lowest BCUT2D eigenvalue weighted by atomic mass is 9.99. The Labute approximate surface area is 183 Å². The number of aromatic nitrogens is 5. The number of H-pyrrole nitrogens is 1. The normalized spacial score (nSPS) is 16.3. The summed E-state index contributed by atoms with van der Waals surface area (Å²) in [4.78, 5) is 18.8. The molecule has 4 rings (SSSR count). The molecule has 1 unspecified atom stereocenters. The van der Waals surface area contributed by atoms with Crippen LogP contribution in [-0.4, -0.2) is 42.2 Å². The number of nitrogens with zero attached hydrogens (tertiary/aromatic N) is 5. The number of aryl methyl sites for hydroxylation is 1. The molecule has 1 fully saturated rings. The molecule has 0 amide bonds. The molecule has 7 nitrogen and oxygen atoms in total. The first kappa shape index (κ1) is 21.7. The van der Waals surface area contributed by atoms with Gasteiger partial charge in [0.1, 0.15) is 6.04 Å². The molecule has 1 aliphatic carbocycles. The van der Waals surface area contributed by atoms with Crippen LogP contribution in [0.15, 0.2) is 29.1 Å². The topological polar surface area (TPSA) is 79.7 Å². The van der Waals surface area contributed by atoms with Gasteiger partial charge in [0.25, 0.3) is 5.56 Å². The summed E-state index contributed by atoms with van der Waals surface area (Å²) < 4.78 is 1.99. The lowest BCUT2D eigenvalue weighted by Crippen LogP contribution is -2.43. The van der Waals surface area contributed by atoms with Gasteiger partial charge in [-0.3, -0.25) is 9.69 Å². The van der Waals surface area contributed by atoms with Gasteiger partial charge < -0.3 is 4.98 Å². The Hall–Kier alpha value is -2.54. The molecule has 166 valence electrons. The third-order valence-corrected chi connectivity index (χ3v) is 6.56. The van der Waals surface area contributed by atoms with Gasteiger partial charge in [-0.1, -0.05) is 25.8 Å². The predicted octanol–water partition coefficient (Wildman–Crippen LogP) is 4.40. The molecule has 0 bridgehead atoms. The van der Waals surface area contributed by atoms with E-state index in [1.54, 1.807) is 0 Å². The van der Waals surface area contributed by atoms with Gasteiger partial charge in [-0.25, -0.2) is 4.68 Å². The zero-order valence-corrected chi connectivity index (χ0v) is 19.3. The van der Waals surface area contributed by atoms with Gasteiger partial charge in [-0.15, -0.1) is 5.10 Å². The smallest absolute Gasteiger partial charge is 0.253 e. The number of hydrogen-bond donors (Lipinski definition) is 1. The molecule has 1 aliphatic rings. The Morgan fingerprint density at radius 1 is 1.13 bits per heavy atom. The molecule has 0 saturated heterocycles. The molecule has 0 aliphatic heterocycles. The van der Waals surface area contributed by atoms with Gasteiger partial charge in [-0.2, -0.15) is 0 Å². The predicted molar refractivity (Wildman–Crippen MR) is 123 cm³/mol. The summed E-state index contributed by atoms with van der Waals surface area (Å²) in [5, 5.41) is 14.0. The van der Waals surface area contributed by atoms with E-state index in [1.807, 2.05) is 16.8 Å². The number of rotatable bonds is 7. The Morgan fingerprint density at radius 3 is 2.48 bits per heavy atom. The highest BCUT2D eigenvalue weighted by Crippen LogP contribution is 2.35. The molecule has 3 aromatic rings. The number of aromatic amines is 1. The summed E-state index contributed by atoms with van der Waals surface area (Å²) in [7, 11) is 0. The third kappa shape index (κ3) is 4.15. The van der Waals surface area contributed by atoms with Crippen molar-refractivity contribution in [3.8, 4) is 0 Å². The van der Waals surface area contributed by atoms with E-state index in [0.29, 0.717) is 11.6 Å². The number of hydrogen-bond acceptors (Lipinski definition) is 5. The van der Waals surface area contributed by atoms with Crippen LogP contribution >= 0.6 is 0 Å². The second kappa shape index (κ2) is 8.91. The summed E-state index contributed by atoms with van der Waals surface area (Å²) in [6.07, 6.45) is 5.52. The van der Waals surface area contributed by atoms with Gasteiger partial charge in [0.15, 0.2) is 5.82 Å². The molecule has 2 heterocycles. The van der Waals surface area contributed by atoms with E-state index in [4.69, 9.17) is 0 Å². The van der Waals surface area contributed by atoms with Gasteiger partial charge in [-0.05, 0) is 86.5 Å². The Kier molecular flexibility index (Phi) is 6.23. The lowest BCUT2D eigenvalue weighted by molar-refractivity contribution is 0.124. The molecule has 1 atom stereocenters. The molecule has 0 radical (unpaired) electrons. The summed E-state index contributed by atoms with van der Waals surface area (Å²) in [6.45, 7) is 10.8. The molecule has 2 aromatic heterocycles. The molecule has 0 spiro atoms. The van der Waals surface area contributed by atoms with Crippen molar-refractivity contribution in [3.63, 3.8) is 0 Å². The second-order valence-electron chi connectivity index (χ2n) is 9.29. The highest BCUT2D eigenvalue weighted by atomic mass is 16.1. The van der Waals surface area contributed by atoms with Crippen molar-refractivity contribution in [1.29, 1.82) is 0 Å². The van der Waals surface area contributed by atoms with Crippen molar-refractivity contribution in [2.24, 2.45) is 0 Å². The highest BCUT2D eigenvalue weighted by molar-refractivity contribution is 5.80. The molecule has 1 N–H and O–H groups in total. The number of tetrazole rings is 1. The van der Waals surface area contributed by atoms with Crippen LogP contribution in [0.4, 0.5) is 0 Å². The van der Waals surface area contributed by atoms with Crippen LogP contribution in [0.5, 0.6) is 0 Å². The van der Waals surface area contributed by atoms with E-state index < -0.39 is 0 Å². The van der Waals surface area contributed by atoms with Crippen molar-refractivity contribution < 1.29 is 0 Å². The van der Waals surface area contributed by atoms with E-state index in [2.05, 4.69) is 72.2 Å². The first-order chi connectivity index (χ1) is 14.9. The van der Waals surface area contributed by atoms with E-state index in [1.165, 1.54) is 18.4 Å². The lowest BCUT2D eigenvalue weighted by Gasteiger charge is -2.37. The first-order valence-electron chi connectivity index (χ1n) is 11.6. The Morgan fingerprint density at radius 2 is 1.84 bits per heavy atom. The quantitative estimate of drug-likeness (QED) is 0.610. The number of benzene rings is 1. The van der Waals surface area contributed by atoms with Crippen molar-refractivity contribution >= 4 is 10.9 Å². The maximum absolute atomic E-state index is 13.3. The maximum atomic E-state index is 13.3. The van der Waals surface area contributed by atoms with Gasteiger partial charge in [0, 0.05) is 23.2 Å². The third-order valence-electron chi connectivity index (χ3n) is 6.56. The Bertz CT molecular complexity index is 1080. The molecular formula is C24H34N6O. The van der Waals surface area contributed by atoms with Crippen LogP contribution in [0.1, 0.15) is 89.3 Å². The fourth-order valence-corrected chi connectivity index (χ4v) is 5.11. The minimum absolute atomic E-state index is 0.0750. The monoisotopic (exact) mass is 422 g/mol. The SMILES string of the molecule is CCc1ccc2[nH]c(=O)c(C(c3nnnn3C3CCCC3)N(C(C)C)C(C)C)cc2c1. The summed E-state index contributed by atoms with van der Waals surface area (Å²) in [5.41, 5.74) is 2.74. The number of nitrogens with one attached hydrogen (secondary N) is 1. The molecule has 1 aromatic carbocycles. The van der Waals surface area contributed by atoms with E-state index in [-0.39, 0.29) is 23.7 Å². The fraction of sp³-hybridized carbons (Fsp3) is 0.583. The van der Waals surface area contributed by atoms with Gasteiger partial charge >= 0.3 is 0 Å². The van der Waals surface area contributed by atoms with Crippen LogP contribution in [0, 0.1) is 0 Å². The minimum Gasteiger partial charge on any atom is -0.322 e. The molecule has 31 heavy (non-hydrogen) atoms. The van der Waals surface area contributed by atoms with E-state index in [0.717, 1.165) is 36.0 Å². The number of fused-ring (bicyclic) bond motifs is 1. The van der Waals surface area contributed by atoms with Crippen molar-refractivity contribution in [3.05, 3.63) is 51.6 Å². The molecular weight excluding hydrogens is 388 g/mol. The molecule has 7 heteroatoms. The summed E-state index contributed by atoms with van der Waals surface area (Å²) >= 11 is 0. The molecule has 1 saturated carbocycles. The summed E-state index contributed by atoms with van der Waals surface area (Å²) in [6, 6.07) is 8.72. The fourth-order valence-electron chi connectivity index (χ4n) is 5.11. The van der Waals surface area contributed by atoms with Gasteiger partial charge in [0.05, 0.1) is 6.04 Å². The zero-order chi connectivity index (χ0) is 22.1. The highest BCUT2D eigenvalue weighted by Gasteiger charge is 2.35. The largest absolute Gasteiger partial charge is 0.322 e. The second-order valence-corrected chi connectivity index (χ2v) is 9.29. The maximum Gasteiger partial charge on any atom is 0.253 e. The average Bonchev–Trinajstić information content (AvgIpc) is 3.42. The standard InChI is InChI=1S/C24H34N6O/c1-6-17-11-12-21-18(13-17)14-20(24(31)25-21)22(29(15(2)3)16(4)5)23-26-27-28-30(23)19-9-7-8-10-19/h11-16,19,22H,6-10H2,1-5H3,(H,25,31).